The zero-order valence-electron chi connectivity index (χ0n) is 8.55. The first-order chi connectivity index (χ1) is 7.81. The number of aliphatic imine (C=N–C) groups is 1. The number of hydrogen-bond donors (Lipinski definition) is 0. The van der Waals surface area contributed by atoms with Crippen molar-refractivity contribution in [2.24, 2.45) is 4.99 Å². The Balaban J connectivity index is 2.20. The standard InChI is InChI=1S/C11H10N2O2S/c14-11-7-15-6-5-13(11)10-3-1-9(2-4-10)12-8-16/h1-4H,5-7H2. The molecular weight excluding hydrogens is 224 g/mol. The van der Waals surface area contributed by atoms with Crippen LogP contribution in [0.25, 0.3) is 0 Å². The first-order valence-corrected chi connectivity index (χ1v) is 5.28. The summed E-state index contributed by atoms with van der Waals surface area (Å²) in [6.07, 6.45) is 0. The zero-order chi connectivity index (χ0) is 11.4. The average Bonchev–Trinajstić information content (AvgIpc) is 2.31. The minimum Gasteiger partial charge on any atom is -0.370 e. The van der Waals surface area contributed by atoms with Gasteiger partial charge in [-0.1, -0.05) is 0 Å². The van der Waals surface area contributed by atoms with Gasteiger partial charge >= 0.3 is 0 Å². The van der Waals surface area contributed by atoms with Crippen molar-refractivity contribution >= 4 is 34.7 Å². The highest BCUT2D eigenvalue weighted by molar-refractivity contribution is 7.78. The number of thiocarbonyl (C=S) groups is 1. The Labute approximate surface area is 98.5 Å². The van der Waals surface area contributed by atoms with E-state index in [1.54, 1.807) is 17.0 Å². The van der Waals surface area contributed by atoms with Crippen LogP contribution in [-0.2, 0) is 9.53 Å². The topological polar surface area (TPSA) is 41.9 Å². The molecule has 16 heavy (non-hydrogen) atoms. The fourth-order valence-electron chi connectivity index (χ4n) is 1.55. The summed E-state index contributed by atoms with van der Waals surface area (Å²) >= 11 is 4.51. The van der Waals surface area contributed by atoms with Crippen molar-refractivity contribution in [2.75, 3.05) is 24.7 Å². The number of carbonyl (C=O) groups is 1. The van der Waals surface area contributed by atoms with Crippen molar-refractivity contribution in [1.29, 1.82) is 0 Å². The van der Waals surface area contributed by atoms with E-state index < -0.39 is 0 Å². The van der Waals surface area contributed by atoms with Crippen LogP contribution < -0.4 is 4.90 Å². The molecular formula is C11H10N2O2S. The summed E-state index contributed by atoms with van der Waals surface area (Å²) in [6.45, 7) is 1.32. The molecule has 2 rings (SSSR count). The Kier molecular flexibility index (Phi) is 3.41. The van der Waals surface area contributed by atoms with E-state index in [-0.39, 0.29) is 12.5 Å². The van der Waals surface area contributed by atoms with Crippen LogP contribution in [0.3, 0.4) is 0 Å². The zero-order valence-corrected chi connectivity index (χ0v) is 9.37. The van der Waals surface area contributed by atoms with Gasteiger partial charge in [-0.15, -0.1) is 0 Å². The van der Waals surface area contributed by atoms with Gasteiger partial charge < -0.3 is 9.64 Å². The summed E-state index contributed by atoms with van der Waals surface area (Å²) in [7, 11) is 0. The number of morpholine rings is 1. The lowest BCUT2D eigenvalue weighted by atomic mass is 10.2. The lowest BCUT2D eigenvalue weighted by Gasteiger charge is -2.26. The number of anilines is 1. The van der Waals surface area contributed by atoms with Gasteiger partial charge in [0.05, 0.1) is 17.5 Å². The smallest absolute Gasteiger partial charge is 0.253 e. The van der Waals surface area contributed by atoms with Crippen molar-refractivity contribution in [2.45, 2.75) is 0 Å². The van der Waals surface area contributed by atoms with Crippen LogP contribution in [0, 0.1) is 0 Å². The number of amides is 1. The third-order valence-electron chi connectivity index (χ3n) is 2.32. The molecule has 0 aromatic heterocycles. The van der Waals surface area contributed by atoms with Gasteiger partial charge in [-0.3, -0.25) is 4.79 Å². The van der Waals surface area contributed by atoms with Gasteiger partial charge in [0, 0.05) is 12.2 Å². The molecule has 1 aliphatic heterocycles. The molecule has 1 saturated heterocycles. The molecule has 1 aromatic rings. The maximum absolute atomic E-state index is 11.6. The van der Waals surface area contributed by atoms with Gasteiger partial charge in [-0.2, -0.15) is 4.99 Å². The second kappa shape index (κ2) is 4.99. The highest BCUT2D eigenvalue weighted by Gasteiger charge is 2.19. The molecule has 0 radical (unpaired) electrons. The van der Waals surface area contributed by atoms with Crippen LogP contribution in [0.4, 0.5) is 11.4 Å². The van der Waals surface area contributed by atoms with E-state index in [4.69, 9.17) is 4.74 Å². The Hall–Kier alpha value is -1.55. The molecule has 1 heterocycles. The van der Waals surface area contributed by atoms with E-state index in [0.29, 0.717) is 13.2 Å². The molecule has 0 bridgehead atoms. The Morgan fingerprint density at radius 3 is 2.75 bits per heavy atom. The second-order valence-electron chi connectivity index (χ2n) is 3.32. The van der Waals surface area contributed by atoms with Crippen molar-refractivity contribution in [1.82, 2.24) is 0 Å². The molecule has 0 saturated carbocycles. The van der Waals surface area contributed by atoms with Gasteiger partial charge in [-0.05, 0) is 36.5 Å². The number of hydrogen-bond acceptors (Lipinski definition) is 4. The molecule has 0 aliphatic carbocycles. The lowest BCUT2D eigenvalue weighted by molar-refractivity contribution is -0.125. The molecule has 5 heteroatoms. The first kappa shape index (κ1) is 11.0. The highest BCUT2D eigenvalue weighted by atomic mass is 32.1. The van der Waals surface area contributed by atoms with E-state index in [1.165, 1.54) is 0 Å². The predicted octanol–water partition coefficient (Wildman–Crippen LogP) is 1.78. The fourth-order valence-corrected chi connectivity index (χ4v) is 1.66. The van der Waals surface area contributed by atoms with Gasteiger partial charge in [-0.25, -0.2) is 0 Å². The third kappa shape index (κ3) is 2.33. The number of rotatable bonds is 2. The minimum absolute atomic E-state index is 0.0164. The van der Waals surface area contributed by atoms with Gasteiger partial charge in [0.2, 0.25) is 0 Å². The van der Waals surface area contributed by atoms with E-state index in [0.717, 1.165) is 11.4 Å². The second-order valence-corrected chi connectivity index (χ2v) is 3.50. The summed E-state index contributed by atoms with van der Waals surface area (Å²) in [5, 5.41) is 2.30. The maximum atomic E-state index is 11.6. The molecule has 82 valence electrons. The molecule has 0 atom stereocenters. The van der Waals surface area contributed by atoms with Crippen LogP contribution >= 0.6 is 12.2 Å². The molecule has 1 fully saturated rings. The molecule has 1 aromatic carbocycles. The summed E-state index contributed by atoms with van der Waals surface area (Å²) in [5.41, 5.74) is 1.59. The predicted molar refractivity (Wildman–Crippen MR) is 64.3 cm³/mol. The number of benzene rings is 1. The first-order valence-electron chi connectivity index (χ1n) is 4.87. The van der Waals surface area contributed by atoms with Crippen LogP contribution in [0.1, 0.15) is 0 Å². The maximum Gasteiger partial charge on any atom is 0.253 e. The van der Waals surface area contributed by atoms with Crippen molar-refractivity contribution in [3.8, 4) is 0 Å². The summed E-state index contributed by atoms with van der Waals surface area (Å²) < 4.78 is 5.06. The molecule has 0 spiro atoms. The largest absolute Gasteiger partial charge is 0.370 e. The van der Waals surface area contributed by atoms with Crippen LogP contribution in [0.15, 0.2) is 29.3 Å². The molecule has 4 nitrogen and oxygen atoms in total. The fraction of sp³-hybridized carbons (Fsp3) is 0.273. The van der Waals surface area contributed by atoms with Gasteiger partial charge in [0.1, 0.15) is 6.61 Å². The van der Waals surface area contributed by atoms with Gasteiger partial charge in [0.15, 0.2) is 0 Å². The van der Waals surface area contributed by atoms with E-state index in [1.807, 2.05) is 12.1 Å². The molecule has 0 unspecified atom stereocenters. The Bertz CT molecular complexity index is 438. The molecule has 0 N–H and O–H groups in total. The monoisotopic (exact) mass is 234 g/mol. The van der Waals surface area contributed by atoms with Crippen LogP contribution in [-0.4, -0.2) is 30.8 Å². The molecule has 1 amide bonds. The van der Waals surface area contributed by atoms with E-state index in [9.17, 15) is 4.79 Å². The SMILES string of the molecule is O=C1COCCN1c1ccc(N=C=S)cc1. The van der Waals surface area contributed by atoms with E-state index in [2.05, 4.69) is 22.4 Å². The molecule has 1 aliphatic rings. The van der Waals surface area contributed by atoms with E-state index >= 15 is 0 Å². The van der Waals surface area contributed by atoms with Crippen LogP contribution in [0.2, 0.25) is 0 Å². The average molecular weight is 234 g/mol. The van der Waals surface area contributed by atoms with Crippen molar-refractivity contribution < 1.29 is 9.53 Å². The third-order valence-corrected chi connectivity index (χ3v) is 2.41. The summed E-state index contributed by atoms with van der Waals surface area (Å²) in [6, 6.07) is 7.29. The minimum atomic E-state index is -0.0164. The summed E-state index contributed by atoms with van der Waals surface area (Å²) in [4.78, 5) is 17.1. The quantitative estimate of drug-likeness (QED) is 0.578. The number of isothiocyanates is 1. The van der Waals surface area contributed by atoms with Gasteiger partial charge in [0.25, 0.3) is 5.91 Å². The highest BCUT2D eigenvalue weighted by Crippen LogP contribution is 2.20. The van der Waals surface area contributed by atoms with Crippen molar-refractivity contribution in [3.05, 3.63) is 24.3 Å². The Morgan fingerprint density at radius 2 is 2.12 bits per heavy atom. The Morgan fingerprint density at radius 1 is 1.38 bits per heavy atom. The van der Waals surface area contributed by atoms with Crippen LogP contribution in [0.5, 0.6) is 0 Å². The lowest BCUT2D eigenvalue weighted by Crippen LogP contribution is -2.41. The number of carbonyl (C=O) groups excluding carboxylic acids is 1. The number of nitrogens with zero attached hydrogens (tertiary/aromatic N) is 2. The number of ether oxygens (including phenoxy) is 1. The normalized spacial score (nSPS) is 15.8. The summed E-state index contributed by atoms with van der Waals surface area (Å²) in [5.74, 6) is -0.0164. The van der Waals surface area contributed by atoms with Crippen molar-refractivity contribution in [3.63, 3.8) is 0 Å².